The summed E-state index contributed by atoms with van der Waals surface area (Å²) in [7, 11) is 0. The van der Waals surface area contributed by atoms with E-state index in [1.54, 1.807) is 4.90 Å². The Kier molecular flexibility index (Phi) is 3.69. The fourth-order valence-corrected chi connectivity index (χ4v) is 3.97. The van der Waals surface area contributed by atoms with E-state index in [0.29, 0.717) is 24.1 Å². The number of fused-ring (bicyclic) bond motifs is 4. The lowest BCUT2D eigenvalue weighted by atomic mass is 10.0. The number of hydrogen-bond acceptors (Lipinski definition) is 3. The highest BCUT2D eigenvalue weighted by Gasteiger charge is 2.27. The predicted octanol–water partition coefficient (Wildman–Crippen LogP) is 4.07. The maximum Gasteiger partial charge on any atom is 0.256 e. The van der Waals surface area contributed by atoms with Gasteiger partial charge in [-0.15, -0.1) is 0 Å². The summed E-state index contributed by atoms with van der Waals surface area (Å²) in [6, 6.07) is 10.7. The van der Waals surface area contributed by atoms with Gasteiger partial charge in [-0.2, -0.15) is 0 Å². The first-order chi connectivity index (χ1) is 13.5. The van der Waals surface area contributed by atoms with E-state index in [1.807, 2.05) is 32.0 Å². The van der Waals surface area contributed by atoms with Crippen molar-refractivity contribution in [3.8, 4) is 0 Å². The number of carbonyl (C=O) groups is 1. The van der Waals surface area contributed by atoms with Gasteiger partial charge in [0.15, 0.2) is 0 Å². The summed E-state index contributed by atoms with van der Waals surface area (Å²) in [6.07, 6.45) is 0.743. The summed E-state index contributed by atoms with van der Waals surface area (Å²) >= 11 is 0. The average Bonchev–Trinajstić information content (AvgIpc) is 3.06. The number of hydrogen-bond donors (Lipinski definition) is 1. The molecule has 1 aliphatic rings. The Bertz CT molecular complexity index is 1260. The van der Waals surface area contributed by atoms with Crippen molar-refractivity contribution in [3.63, 3.8) is 0 Å². The Hall–Kier alpha value is -3.28. The standard InChI is InChI=1S/C22H19FN4O/c1-12-13(2)25-21-16(9-14(23)10-20(21)24-12)22(28)27-8-7-19-17(11-27)15-5-3-4-6-18(15)26-19/h3-6,9-10,26H,7-8,11H2,1-2H3. The van der Waals surface area contributed by atoms with Gasteiger partial charge in [-0.25, -0.2) is 14.4 Å². The third kappa shape index (κ3) is 2.56. The number of carbonyl (C=O) groups excluding carboxylic acids is 1. The van der Waals surface area contributed by atoms with Gasteiger partial charge in [0.2, 0.25) is 0 Å². The summed E-state index contributed by atoms with van der Waals surface area (Å²) in [5.74, 6) is -0.684. The Labute approximate surface area is 161 Å². The molecular weight excluding hydrogens is 355 g/mol. The molecule has 140 valence electrons. The molecule has 1 aliphatic heterocycles. The normalized spacial score (nSPS) is 13.9. The van der Waals surface area contributed by atoms with Crippen LogP contribution in [0.4, 0.5) is 4.39 Å². The van der Waals surface area contributed by atoms with Gasteiger partial charge < -0.3 is 9.88 Å². The molecule has 2 aromatic heterocycles. The number of benzene rings is 2. The molecule has 0 saturated heterocycles. The van der Waals surface area contributed by atoms with Crippen LogP contribution in [0.25, 0.3) is 21.9 Å². The molecule has 4 aromatic rings. The minimum absolute atomic E-state index is 0.210. The van der Waals surface area contributed by atoms with Crippen LogP contribution in [0.1, 0.15) is 33.0 Å². The van der Waals surface area contributed by atoms with Crippen LogP contribution in [0.5, 0.6) is 0 Å². The predicted molar refractivity (Wildman–Crippen MR) is 106 cm³/mol. The monoisotopic (exact) mass is 374 g/mol. The number of H-pyrrole nitrogens is 1. The van der Waals surface area contributed by atoms with Crippen LogP contribution >= 0.6 is 0 Å². The van der Waals surface area contributed by atoms with Crippen molar-refractivity contribution in [2.24, 2.45) is 0 Å². The lowest BCUT2D eigenvalue weighted by Gasteiger charge is -2.27. The van der Waals surface area contributed by atoms with Crippen molar-refractivity contribution in [2.45, 2.75) is 26.8 Å². The third-order valence-electron chi connectivity index (χ3n) is 5.55. The molecule has 0 fully saturated rings. The molecule has 3 heterocycles. The molecule has 0 bridgehead atoms. The Morgan fingerprint density at radius 1 is 1.14 bits per heavy atom. The van der Waals surface area contributed by atoms with Crippen molar-refractivity contribution >= 4 is 27.8 Å². The van der Waals surface area contributed by atoms with Crippen molar-refractivity contribution in [1.29, 1.82) is 0 Å². The lowest BCUT2D eigenvalue weighted by Crippen LogP contribution is -2.36. The maximum absolute atomic E-state index is 14.2. The van der Waals surface area contributed by atoms with E-state index < -0.39 is 5.82 Å². The summed E-state index contributed by atoms with van der Waals surface area (Å²) in [6.45, 7) is 4.75. The van der Waals surface area contributed by atoms with E-state index >= 15 is 0 Å². The van der Waals surface area contributed by atoms with Crippen molar-refractivity contribution in [1.82, 2.24) is 19.9 Å². The highest BCUT2D eigenvalue weighted by Crippen LogP contribution is 2.29. The molecule has 1 amide bonds. The highest BCUT2D eigenvalue weighted by atomic mass is 19.1. The zero-order valence-electron chi connectivity index (χ0n) is 15.7. The number of aromatic nitrogens is 3. The Morgan fingerprint density at radius 2 is 1.93 bits per heavy atom. The summed E-state index contributed by atoms with van der Waals surface area (Å²) in [5, 5.41) is 1.13. The topological polar surface area (TPSA) is 61.9 Å². The summed E-state index contributed by atoms with van der Waals surface area (Å²) in [5.41, 5.74) is 6.00. The minimum Gasteiger partial charge on any atom is -0.358 e. The second-order valence-electron chi connectivity index (χ2n) is 7.32. The molecule has 0 spiro atoms. The number of aromatic amines is 1. The molecule has 0 atom stereocenters. The average molecular weight is 374 g/mol. The van der Waals surface area contributed by atoms with Gasteiger partial charge in [-0.1, -0.05) is 18.2 Å². The number of halogens is 1. The van der Waals surface area contributed by atoms with Crippen LogP contribution in [0.2, 0.25) is 0 Å². The van der Waals surface area contributed by atoms with Gasteiger partial charge in [-0.3, -0.25) is 4.79 Å². The number of amides is 1. The first kappa shape index (κ1) is 16.9. The van der Waals surface area contributed by atoms with Crippen LogP contribution in [0, 0.1) is 19.7 Å². The number of nitrogens with one attached hydrogen (secondary N) is 1. The summed E-state index contributed by atoms with van der Waals surface area (Å²) in [4.78, 5) is 27.5. The van der Waals surface area contributed by atoms with Gasteiger partial charge in [0, 0.05) is 47.7 Å². The van der Waals surface area contributed by atoms with E-state index in [9.17, 15) is 9.18 Å². The van der Waals surface area contributed by atoms with Crippen LogP contribution in [0.15, 0.2) is 36.4 Å². The fourth-order valence-electron chi connectivity index (χ4n) is 3.97. The van der Waals surface area contributed by atoms with E-state index in [2.05, 4.69) is 21.0 Å². The molecule has 0 saturated carbocycles. The largest absolute Gasteiger partial charge is 0.358 e. The number of nitrogens with zero attached hydrogens (tertiary/aromatic N) is 3. The molecule has 28 heavy (non-hydrogen) atoms. The number of aryl methyl sites for hydroxylation is 2. The molecular formula is C22H19FN4O. The van der Waals surface area contributed by atoms with Gasteiger partial charge in [0.25, 0.3) is 5.91 Å². The number of para-hydroxylation sites is 1. The van der Waals surface area contributed by atoms with Gasteiger partial charge in [0.1, 0.15) is 11.3 Å². The van der Waals surface area contributed by atoms with E-state index in [0.717, 1.165) is 34.3 Å². The maximum atomic E-state index is 14.2. The zero-order chi connectivity index (χ0) is 19.4. The highest BCUT2D eigenvalue weighted by molar-refractivity contribution is 6.05. The summed E-state index contributed by atoms with van der Waals surface area (Å²) < 4.78 is 14.2. The van der Waals surface area contributed by atoms with Crippen LogP contribution < -0.4 is 0 Å². The Balaban J connectivity index is 1.58. The first-order valence-corrected chi connectivity index (χ1v) is 9.33. The Morgan fingerprint density at radius 3 is 2.79 bits per heavy atom. The van der Waals surface area contributed by atoms with Gasteiger partial charge in [0.05, 0.1) is 22.5 Å². The second kappa shape index (κ2) is 6.12. The van der Waals surface area contributed by atoms with Gasteiger partial charge >= 0.3 is 0 Å². The van der Waals surface area contributed by atoms with Crippen molar-refractivity contribution in [2.75, 3.05) is 6.54 Å². The smallest absolute Gasteiger partial charge is 0.256 e. The molecule has 6 heteroatoms. The van der Waals surface area contributed by atoms with E-state index in [-0.39, 0.29) is 11.5 Å². The van der Waals surface area contributed by atoms with Gasteiger partial charge in [-0.05, 0) is 26.0 Å². The molecule has 0 unspecified atom stereocenters. The van der Waals surface area contributed by atoms with E-state index in [1.165, 1.54) is 17.8 Å². The van der Waals surface area contributed by atoms with Crippen molar-refractivity contribution < 1.29 is 9.18 Å². The third-order valence-corrected chi connectivity index (χ3v) is 5.55. The second-order valence-corrected chi connectivity index (χ2v) is 7.32. The molecule has 5 rings (SSSR count). The van der Waals surface area contributed by atoms with Crippen LogP contribution in [-0.4, -0.2) is 32.3 Å². The molecule has 0 radical (unpaired) electrons. The molecule has 5 nitrogen and oxygen atoms in total. The molecule has 0 aliphatic carbocycles. The number of rotatable bonds is 1. The quantitative estimate of drug-likeness (QED) is 0.546. The van der Waals surface area contributed by atoms with Crippen molar-refractivity contribution in [3.05, 3.63) is 70.4 Å². The molecule has 1 N–H and O–H groups in total. The van der Waals surface area contributed by atoms with Crippen LogP contribution in [0.3, 0.4) is 0 Å². The van der Waals surface area contributed by atoms with E-state index in [4.69, 9.17) is 0 Å². The van der Waals surface area contributed by atoms with Crippen LogP contribution in [-0.2, 0) is 13.0 Å². The first-order valence-electron chi connectivity index (χ1n) is 9.33. The zero-order valence-corrected chi connectivity index (χ0v) is 15.7. The molecule has 2 aromatic carbocycles. The minimum atomic E-state index is -0.474. The SMILES string of the molecule is Cc1nc2cc(F)cc(C(=O)N3CCc4[nH]c5ccccc5c4C3)c2nc1C. The fraction of sp³-hybridized carbons (Fsp3) is 0.227. The lowest BCUT2D eigenvalue weighted by molar-refractivity contribution is 0.0736.